The quantitative estimate of drug-likeness (QED) is 0.389. The molecule has 0 atom stereocenters. The van der Waals surface area contributed by atoms with E-state index < -0.39 is 9.86 Å². The number of rotatable bonds is 0. The van der Waals surface area contributed by atoms with Gasteiger partial charge in [0.25, 0.3) is 0 Å². The second-order valence-corrected chi connectivity index (χ2v) is 28.3. The van der Waals surface area contributed by atoms with Gasteiger partial charge in [-0.25, -0.2) is 0 Å². The van der Waals surface area contributed by atoms with E-state index in [2.05, 4.69) is 54.2 Å². The molecule has 0 heterocycles. The Morgan fingerprint density at radius 1 is 0.895 bits per heavy atom. The van der Waals surface area contributed by atoms with Crippen molar-refractivity contribution >= 4 is 40.3 Å². The molecule has 4 bridgehead atoms. The van der Waals surface area contributed by atoms with Crippen molar-refractivity contribution in [1.82, 2.24) is 12.3 Å². The summed E-state index contributed by atoms with van der Waals surface area (Å²) in [6.07, 6.45) is 9.33. The van der Waals surface area contributed by atoms with Gasteiger partial charge in [-0.2, -0.15) is 0 Å². The first-order chi connectivity index (χ1) is 7.57. The molecule has 0 aromatic rings. The molecule has 0 spiro atoms. The van der Waals surface area contributed by atoms with E-state index in [-0.39, 0.29) is 12.3 Å². The van der Waals surface area contributed by atoms with Crippen LogP contribution in [0, 0.1) is 22.7 Å². The zero-order valence-electron chi connectivity index (χ0n) is 12.4. The molecule has 116 valence electrons. The summed E-state index contributed by atoms with van der Waals surface area (Å²) >= 11 is 0. The molecule has 4 saturated carbocycles. The van der Waals surface area contributed by atoms with Crippen molar-refractivity contribution in [3.8, 4) is 0 Å². The summed E-state index contributed by atoms with van der Waals surface area (Å²) in [5.74, 6) is 2.22. The van der Waals surface area contributed by atoms with Gasteiger partial charge in [-0.05, 0) is 61.2 Å². The zero-order valence-corrected chi connectivity index (χ0v) is 17.7. The van der Waals surface area contributed by atoms with E-state index in [1.165, 1.54) is 6.42 Å². The van der Waals surface area contributed by atoms with Gasteiger partial charge in [0.05, 0.1) is 0 Å². The molecule has 0 aromatic heterocycles. The van der Waals surface area contributed by atoms with Crippen LogP contribution in [-0.2, 0) is 30.5 Å². The van der Waals surface area contributed by atoms with Gasteiger partial charge in [-0.1, -0.05) is 13.8 Å². The SMILES string of the molecule is CC12CC3CC(C1)CC(C)(C3)C2.[NH4+].[NH4+].[S]=[Mo](=[S])([S-])[S-]. The summed E-state index contributed by atoms with van der Waals surface area (Å²) in [6.45, 7) is 5.09. The third-order valence-electron chi connectivity index (χ3n) is 4.65. The van der Waals surface area contributed by atoms with Gasteiger partial charge in [-0.3, -0.25) is 0 Å². The van der Waals surface area contributed by atoms with Crippen LogP contribution in [0.1, 0.15) is 52.4 Å². The molecule has 4 aliphatic rings. The van der Waals surface area contributed by atoms with Crippen LogP contribution in [0.4, 0.5) is 0 Å². The fourth-order valence-electron chi connectivity index (χ4n) is 5.22. The summed E-state index contributed by atoms with van der Waals surface area (Å²) in [7, 11) is 15.2. The maximum atomic E-state index is 4.46. The predicted molar refractivity (Wildman–Crippen MR) is 92.8 cm³/mol. The molecule has 4 fully saturated rings. The normalized spacial score (nSPS) is 42.5. The first-order valence-corrected chi connectivity index (χ1v) is 17.4. The molecule has 4 rings (SSSR count). The van der Waals surface area contributed by atoms with E-state index >= 15 is 0 Å². The maximum absolute atomic E-state index is 4.46. The zero-order chi connectivity index (χ0) is 12.9. The topological polar surface area (TPSA) is 73.0 Å². The second-order valence-electron chi connectivity index (χ2n) is 6.99. The summed E-state index contributed by atoms with van der Waals surface area (Å²) in [5.41, 5.74) is 1.53. The van der Waals surface area contributed by atoms with E-state index in [1.807, 2.05) is 0 Å². The van der Waals surface area contributed by atoms with Crippen molar-refractivity contribution in [3.05, 3.63) is 0 Å². The van der Waals surface area contributed by atoms with Crippen LogP contribution in [0.3, 0.4) is 0 Å². The van der Waals surface area contributed by atoms with Crippen LogP contribution in [-0.4, -0.2) is 0 Å². The molecule has 2 nitrogen and oxygen atoms in total. The third kappa shape index (κ3) is 6.17. The molecule has 0 radical (unpaired) electrons. The van der Waals surface area contributed by atoms with Crippen molar-refractivity contribution in [1.29, 1.82) is 0 Å². The Labute approximate surface area is 136 Å². The molecule has 0 aromatic carbocycles. The van der Waals surface area contributed by atoms with Gasteiger partial charge >= 0.3 is 50.2 Å². The first kappa shape index (κ1) is 20.7. The van der Waals surface area contributed by atoms with Crippen molar-refractivity contribution in [2.75, 3.05) is 0 Å². The van der Waals surface area contributed by atoms with Gasteiger partial charge < -0.3 is 12.3 Å². The molecule has 4 aliphatic carbocycles. The molecular formula is C12H28MoN2S4. The van der Waals surface area contributed by atoms with E-state index in [0.717, 1.165) is 22.7 Å². The Kier molecular flexibility index (Phi) is 7.52. The summed E-state index contributed by atoms with van der Waals surface area (Å²) < 4.78 is 0. The first-order valence-electron chi connectivity index (χ1n) is 6.24. The minimum atomic E-state index is -2.69. The molecule has 0 aliphatic heterocycles. The van der Waals surface area contributed by atoms with E-state index in [4.69, 9.17) is 0 Å². The summed E-state index contributed by atoms with van der Waals surface area (Å²) in [4.78, 5) is 0. The average molecular weight is 425 g/mol. The average Bonchev–Trinajstić information content (AvgIpc) is 1.90. The predicted octanol–water partition coefficient (Wildman–Crippen LogP) is 5.65. The van der Waals surface area contributed by atoms with Gasteiger partial charge in [-0.15, -0.1) is 0 Å². The van der Waals surface area contributed by atoms with E-state index in [0.29, 0.717) is 0 Å². The monoisotopic (exact) mass is 426 g/mol. The van der Waals surface area contributed by atoms with Gasteiger partial charge in [0, 0.05) is 0 Å². The minimum absolute atomic E-state index is 0. The van der Waals surface area contributed by atoms with Crippen molar-refractivity contribution < 1.29 is 9.86 Å². The fraction of sp³-hybridized carbons (Fsp3) is 1.00. The molecule has 19 heavy (non-hydrogen) atoms. The molecule has 8 N–H and O–H groups in total. The standard InChI is InChI=1S/C12H20.Mo.2H3N.4S/c1-11-4-9-3-10(5-11)7-12(2,6-9)8-11;;;;;;;/h9-10H,3-8H2,1-2H3;;2*1H3;;;;/q;;;;;;2*-1/p+2. The van der Waals surface area contributed by atoms with Gasteiger partial charge in [0.15, 0.2) is 0 Å². The van der Waals surface area contributed by atoms with Gasteiger partial charge in [0.1, 0.15) is 0 Å². The van der Waals surface area contributed by atoms with E-state index in [1.54, 1.807) is 32.1 Å². The van der Waals surface area contributed by atoms with Crippen LogP contribution in [0.15, 0.2) is 0 Å². The van der Waals surface area contributed by atoms with Gasteiger partial charge in [0.2, 0.25) is 0 Å². The van der Waals surface area contributed by atoms with Crippen molar-refractivity contribution in [2.24, 2.45) is 22.7 Å². The van der Waals surface area contributed by atoms with Crippen molar-refractivity contribution in [2.45, 2.75) is 52.4 Å². The summed E-state index contributed by atoms with van der Waals surface area (Å²) in [6, 6.07) is 0. The molecule has 0 amide bonds. The molecular weight excluding hydrogens is 396 g/mol. The summed E-state index contributed by atoms with van der Waals surface area (Å²) in [5, 5.41) is 0. The molecule has 0 unspecified atom stereocenters. The Balaban J connectivity index is 0.000000411. The van der Waals surface area contributed by atoms with Crippen LogP contribution < -0.4 is 12.3 Å². The Hall–Kier alpha value is 1.75. The number of hydrogen-bond acceptors (Lipinski definition) is 4. The van der Waals surface area contributed by atoms with Crippen LogP contribution >= 0.6 is 19.6 Å². The molecule has 7 heteroatoms. The Morgan fingerprint density at radius 3 is 1.37 bits per heavy atom. The van der Waals surface area contributed by atoms with Crippen LogP contribution in [0.25, 0.3) is 0 Å². The van der Waals surface area contributed by atoms with Crippen LogP contribution in [0.5, 0.6) is 0 Å². The van der Waals surface area contributed by atoms with E-state index in [9.17, 15) is 0 Å². The third-order valence-corrected chi connectivity index (χ3v) is 4.65. The van der Waals surface area contributed by atoms with Crippen LogP contribution in [0.2, 0.25) is 0 Å². The number of hydrogen-bond donors (Lipinski definition) is 2. The number of quaternary nitrogens is 2. The second kappa shape index (κ2) is 6.89. The Morgan fingerprint density at radius 2 is 1.16 bits per heavy atom. The van der Waals surface area contributed by atoms with Crippen molar-refractivity contribution in [3.63, 3.8) is 0 Å². The Bertz CT molecular complexity index is 368. The molecule has 0 saturated heterocycles. The fourth-order valence-corrected chi connectivity index (χ4v) is 5.22.